The molecule has 2 heterocycles. The van der Waals surface area contributed by atoms with Crippen LogP contribution in [0.5, 0.6) is 0 Å². The Hall–Kier alpha value is -1.06. The van der Waals surface area contributed by atoms with E-state index in [1.54, 1.807) is 6.26 Å². The smallest absolute Gasteiger partial charge is 0.217 e. The van der Waals surface area contributed by atoms with Crippen molar-refractivity contribution in [1.82, 2.24) is 0 Å². The molecule has 0 aromatic carbocycles. The number of hydrogen-bond donors (Lipinski definition) is 0. The second-order valence-electron chi connectivity index (χ2n) is 5.52. The largest absolute Gasteiger partial charge is 0.464 e. The van der Waals surface area contributed by atoms with Crippen LogP contribution in [0.3, 0.4) is 0 Å². The minimum absolute atomic E-state index is 0.239. The molecule has 1 saturated heterocycles. The zero-order valence-corrected chi connectivity index (χ0v) is 9.67. The van der Waals surface area contributed by atoms with Gasteiger partial charge in [0.15, 0.2) is 5.76 Å². The molecule has 3 nitrogen and oxygen atoms in total. The van der Waals surface area contributed by atoms with E-state index in [9.17, 15) is 0 Å². The Bertz CT molecular complexity index is 426. The molecule has 1 spiro atoms. The van der Waals surface area contributed by atoms with E-state index in [0.29, 0.717) is 5.92 Å². The molecule has 2 unspecified atom stereocenters. The lowest BCUT2D eigenvalue weighted by molar-refractivity contribution is -0.246. The van der Waals surface area contributed by atoms with Gasteiger partial charge >= 0.3 is 0 Å². The van der Waals surface area contributed by atoms with Crippen LogP contribution in [0.25, 0.3) is 0 Å². The van der Waals surface area contributed by atoms with E-state index in [0.717, 1.165) is 24.9 Å². The summed E-state index contributed by atoms with van der Waals surface area (Å²) in [6.07, 6.45) is 8.57. The number of ether oxygens (including phenoxy) is 2. The van der Waals surface area contributed by atoms with Crippen molar-refractivity contribution < 1.29 is 13.9 Å². The van der Waals surface area contributed by atoms with Gasteiger partial charge in [0.05, 0.1) is 19.5 Å². The highest BCUT2D eigenvalue weighted by Gasteiger charge is 2.51. The first-order valence-electron chi connectivity index (χ1n) is 6.31. The minimum Gasteiger partial charge on any atom is -0.464 e. The predicted molar refractivity (Wildman–Crippen MR) is 61.1 cm³/mol. The molecule has 2 aliphatic carbocycles. The average Bonchev–Trinajstić information content (AvgIpc) is 3.05. The normalized spacial score (nSPS) is 43.6. The highest BCUT2D eigenvalue weighted by atomic mass is 16.7. The highest BCUT2D eigenvalue weighted by Crippen LogP contribution is 2.54. The van der Waals surface area contributed by atoms with Crippen LogP contribution in [0, 0.1) is 17.3 Å². The van der Waals surface area contributed by atoms with Gasteiger partial charge in [-0.15, -0.1) is 0 Å². The molecule has 0 N–H and O–H groups in total. The SMILES string of the molecule is C1=CC2CC1CC21COC(c2ccco2)OC1. The van der Waals surface area contributed by atoms with Gasteiger partial charge in [0.1, 0.15) is 0 Å². The van der Waals surface area contributed by atoms with Crippen molar-refractivity contribution in [3.8, 4) is 0 Å². The van der Waals surface area contributed by atoms with Crippen molar-refractivity contribution >= 4 is 0 Å². The number of fused-ring (bicyclic) bond motifs is 3. The van der Waals surface area contributed by atoms with Gasteiger partial charge in [0.2, 0.25) is 6.29 Å². The van der Waals surface area contributed by atoms with E-state index >= 15 is 0 Å². The zero-order valence-electron chi connectivity index (χ0n) is 9.67. The van der Waals surface area contributed by atoms with Crippen LogP contribution < -0.4 is 0 Å². The molecule has 0 amide bonds. The summed E-state index contributed by atoms with van der Waals surface area (Å²) in [5, 5.41) is 0. The maximum atomic E-state index is 5.86. The maximum Gasteiger partial charge on any atom is 0.217 e. The number of hydrogen-bond acceptors (Lipinski definition) is 3. The molecule has 3 aliphatic rings. The average molecular weight is 232 g/mol. The third-order valence-electron chi connectivity index (χ3n) is 4.45. The van der Waals surface area contributed by atoms with E-state index in [1.165, 1.54) is 12.8 Å². The van der Waals surface area contributed by atoms with Gasteiger partial charge in [0.25, 0.3) is 0 Å². The second kappa shape index (κ2) is 3.47. The summed E-state index contributed by atoms with van der Waals surface area (Å²) in [7, 11) is 0. The molecule has 1 saturated carbocycles. The Morgan fingerprint density at radius 1 is 1.18 bits per heavy atom. The summed E-state index contributed by atoms with van der Waals surface area (Å²) in [6, 6.07) is 3.77. The van der Waals surface area contributed by atoms with Gasteiger partial charge in [0, 0.05) is 5.41 Å². The first-order valence-corrected chi connectivity index (χ1v) is 6.31. The molecular weight excluding hydrogens is 216 g/mol. The van der Waals surface area contributed by atoms with Crippen molar-refractivity contribution in [3.05, 3.63) is 36.3 Å². The van der Waals surface area contributed by atoms with E-state index in [1.807, 2.05) is 12.1 Å². The highest BCUT2D eigenvalue weighted by molar-refractivity contribution is 5.16. The Kier molecular flexibility index (Phi) is 2.02. The summed E-state index contributed by atoms with van der Waals surface area (Å²) in [5.41, 5.74) is 0.239. The minimum atomic E-state index is -0.307. The monoisotopic (exact) mass is 232 g/mol. The lowest BCUT2D eigenvalue weighted by Crippen LogP contribution is -2.41. The second-order valence-corrected chi connectivity index (χ2v) is 5.52. The molecule has 2 bridgehead atoms. The van der Waals surface area contributed by atoms with Crippen molar-refractivity contribution in [3.63, 3.8) is 0 Å². The standard InChI is InChI=1S/C14H16O3/c1-2-12(15-5-1)13-16-8-14(9-17-13)7-10-3-4-11(14)6-10/h1-5,10-11,13H,6-9H2. The van der Waals surface area contributed by atoms with Crippen LogP contribution in [0.15, 0.2) is 35.0 Å². The van der Waals surface area contributed by atoms with Gasteiger partial charge in [-0.2, -0.15) is 0 Å². The summed E-state index contributed by atoms with van der Waals surface area (Å²) >= 11 is 0. The van der Waals surface area contributed by atoms with Gasteiger partial charge < -0.3 is 13.9 Å². The van der Waals surface area contributed by atoms with Crippen LogP contribution in [0.4, 0.5) is 0 Å². The topological polar surface area (TPSA) is 31.6 Å². The molecule has 4 rings (SSSR count). The summed E-state index contributed by atoms with van der Waals surface area (Å²) < 4.78 is 17.0. The fraction of sp³-hybridized carbons (Fsp3) is 0.571. The Balaban J connectivity index is 1.50. The van der Waals surface area contributed by atoms with Gasteiger partial charge in [-0.25, -0.2) is 0 Å². The van der Waals surface area contributed by atoms with Crippen LogP contribution in [0.1, 0.15) is 24.9 Å². The third kappa shape index (κ3) is 1.42. The van der Waals surface area contributed by atoms with E-state index < -0.39 is 0 Å². The maximum absolute atomic E-state index is 5.86. The molecule has 0 radical (unpaired) electrons. The molecule has 1 aliphatic heterocycles. The van der Waals surface area contributed by atoms with Crippen molar-refractivity contribution in [1.29, 1.82) is 0 Å². The molecule has 1 aromatic rings. The number of allylic oxidation sites excluding steroid dienone is 2. The molecule has 17 heavy (non-hydrogen) atoms. The first kappa shape index (κ1) is 9.92. The molecule has 3 heteroatoms. The van der Waals surface area contributed by atoms with E-state index in [-0.39, 0.29) is 11.7 Å². The lowest BCUT2D eigenvalue weighted by Gasteiger charge is -2.40. The summed E-state index contributed by atoms with van der Waals surface area (Å²) in [4.78, 5) is 0. The van der Waals surface area contributed by atoms with Gasteiger partial charge in [-0.05, 0) is 36.8 Å². The van der Waals surface area contributed by atoms with Crippen LogP contribution in [0.2, 0.25) is 0 Å². The zero-order chi connectivity index (χ0) is 11.3. The third-order valence-corrected chi connectivity index (χ3v) is 4.45. The molecule has 90 valence electrons. The van der Waals surface area contributed by atoms with Crippen molar-refractivity contribution in [2.75, 3.05) is 13.2 Å². The van der Waals surface area contributed by atoms with Gasteiger partial charge in [-0.1, -0.05) is 12.2 Å². The molecule has 2 fully saturated rings. The lowest BCUT2D eigenvalue weighted by atomic mass is 9.76. The van der Waals surface area contributed by atoms with Crippen LogP contribution in [-0.4, -0.2) is 13.2 Å². The van der Waals surface area contributed by atoms with E-state index in [4.69, 9.17) is 13.9 Å². The Labute approximate surface area is 100 Å². The fourth-order valence-electron chi connectivity index (χ4n) is 3.55. The van der Waals surface area contributed by atoms with Crippen LogP contribution in [-0.2, 0) is 9.47 Å². The van der Waals surface area contributed by atoms with Crippen molar-refractivity contribution in [2.45, 2.75) is 19.1 Å². The van der Waals surface area contributed by atoms with E-state index in [2.05, 4.69) is 12.2 Å². The Morgan fingerprint density at radius 3 is 2.65 bits per heavy atom. The summed E-state index contributed by atoms with van der Waals surface area (Å²) in [6.45, 7) is 1.59. The van der Waals surface area contributed by atoms with Crippen molar-refractivity contribution in [2.24, 2.45) is 17.3 Å². The molecular formula is C14H16O3. The fourth-order valence-corrected chi connectivity index (χ4v) is 3.55. The predicted octanol–water partition coefficient (Wildman–Crippen LogP) is 2.91. The number of rotatable bonds is 1. The molecule has 1 aromatic heterocycles. The summed E-state index contributed by atoms with van der Waals surface area (Å²) in [5.74, 6) is 2.19. The number of furan rings is 1. The Morgan fingerprint density at radius 2 is 2.06 bits per heavy atom. The van der Waals surface area contributed by atoms with Gasteiger partial charge in [-0.3, -0.25) is 0 Å². The molecule has 2 atom stereocenters. The quantitative estimate of drug-likeness (QED) is 0.698. The first-order chi connectivity index (χ1) is 8.36. The van der Waals surface area contributed by atoms with Crippen LogP contribution >= 0.6 is 0 Å².